The number of hydrogen-bond donors (Lipinski definition) is 2. The van der Waals surface area contributed by atoms with E-state index in [9.17, 15) is 23.5 Å². The Morgan fingerprint density at radius 1 is 0.842 bits per heavy atom. The lowest BCUT2D eigenvalue weighted by molar-refractivity contribution is -0.286. The number of carboxylic acids is 1. The molecule has 2 N–H and O–H groups in total. The number of carboxylic acid groups (broad SMARTS) is 1. The summed E-state index contributed by atoms with van der Waals surface area (Å²) in [5.74, 6) is -1.35. The Bertz CT molecular complexity index is 1390. The maximum Gasteiger partial charge on any atom is 0.586 e. The fraction of sp³-hybridized carbons (Fsp3) is 0.310. The topological polar surface area (TPSA) is 94.1 Å². The molecule has 6 rings (SSSR count). The van der Waals surface area contributed by atoms with Gasteiger partial charge in [-0.25, -0.2) is 4.79 Å². The number of amides is 1. The van der Waals surface area contributed by atoms with Crippen LogP contribution in [0, 0.1) is 0 Å². The summed E-state index contributed by atoms with van der Waals surface area (Å²) in [4.78, 5) is 25.1. The van der Waals surface area contributed by atoms with Crippen molar-refractivity contribution in [2.24, 2.45) is 0 Å². The lowest BCUT2D eigenvalue weighted by Crippen LogP contribution is -2.45. The summed E-state index contributed by atoms with van der Waals surface area (Å²) < 4.78 is 42.5. The molecule has 0 bridgehead atoms. The van der Waals surface area contributed by atoms with Crippen LogP contribution in [0.3, 0.4) is 0 Å². The quantitative estimate of drug-likeness (QED) is 0.444. The number of benzene rings is 3. The molecule has 1 saturated heterocycles. The number of hydrogen-bond acceptors (Lipinski definition) is 5. The first-order chi connectivity index (χ1) is 18.2. The Morgan fingerprint density at radius 3 is 2.24 bits per heavy atom. The number of nitrogens with one attached hydrogen (secondary N) is 1. The first-order valence-electron chi connectivity index (χ1n) is 12.5. The van der Waals surface area contributed by atoms with Crippen LogP contribution in [-0.4, -0.2) is 29.3 Å². The van der Waals surface area contributed by atoms with Crippen LogP contribution in [0.5, 0.6) is 11.5 Å². The molecule has 9 heteroatoms. The number of rotatable bonds is 6. The van der Waals surface area contributed by atoms with E-state index < -0.39 is 23.8 Å². The minimum atomic E-state index is -3.72. The van der Waals surface area contributed by atoms with Crippen LogP contribution < -0.4 is 14.8 Å². The highest BCUT2D eigenvalue weighted by Gasteiger charge is 2.53. The summed E-state index contributed by atoms with van der Waals surface area (Å²) in [6.07, 6.45) is -2.29. The van der Waals surface area contributed by atoms with Gasteiger partial charge in [-0.15, -0.1) is 8.78 Å². The third-order valence-corrected chi connectivity index (χ3v) is 7.48. The molecule has 38 heavy (non-hydrogen) atoms. The predicted molar refractivity (Wildman–Crippen MR) is 131 cm³/mol. The van der Waals surface area contributed by atoms with Crippen LogP contribution in [0.15, 0.2) is 72.8 Å². The molecule has 2 fully saturated rings. The molecule has 7 nitrogen and oxygen atoms in total. The van der Waals surface area contributed by atoms with E-state index >= 15 is 0 Å². The van der Waals surface area contributed by atoms with Crippen molar-refractivity contribution in [2.45, 2.75) is 55.6 Å². The van der Waals surface area contributed by atoms with Crippen molar-refractivity contribution in [1.29, 1.82) is 0 Å². The molecule has 196 valence electrons. The number of fused-ring (bicyclic) bond motifs is 1. The SMILES string of the molecule is O=C(O)c1cccc([C@H]2C[C@H](NC(=O)C3(c4ccc5c(c4)OC(F)(F)O5)CC3)C[C@@H](c3ccccc3)O2)c1. The zero-order chi connectivity index (χ0) is 26.5. The summed E-state index contributed by atoms with van der Waals surface area (Å²) in [5.41, 5.74) is 1.63. The molecule has 3 aromatic carbocycles. The van der Waals surface area contributed by atoms with Gasteiger partial charge in [0.25, 0.3) is 0 Å². The summed E-state index contributed by atoms with van der Waals surface area (Å²) in [5, 5.41) is 12.6. The highest BCUT2D eigenvalue weighted by atomic mass is 19.3. The zero-order valence-corrected chi connectivity index (χ0v) is 20.2. The van der Waals surface area contributed by atoms with Gasteiger partial charge in [-0.2, -0.15) is 0 Å². The van der Waals surface area contributed by atoms with Crippen molar-refractivity contribution in [3.05, 3.63) is 95.1 Å². The Labute approximate surface area is 217 Å². The van der Waals surface area contributed by atoms with Crippen LogP contribution in [0.25, 0.3) is 0 Å². The minimum absolute atomic E-state index is 0.0588. The van der Waals surface area contributed by atoms with E-state index in [2.05, 4.69) is 14.8 Å². The van der Waals surface area contributed by atoms with Gasteiger partial charge >= 0.3 is 12.3 Å². The summed E-state index contributed by atoms with van der Waals surface area (Å²) in [6, 6.07) is 20.6. The van der Waals surface area contributed by atoms with Crippen LogP contribution in [0.4, 0.5) is 8.78 Å². The second-order valence-electron chi connectivity index (χ2n) is 10.0. The van der Waals surface area contributed by atoms with E-state index in [1.54, 1.807) is 18.2 Å². The highest BCUT2D eigenvalue weighted by Crippen LogP contribution is 2.52. The number of halogens is 2. The molecule has 2 aliphatic heterocycles. The molecule has 0 spiro atoms. The Kier molecular flexibility index (Phi) is 5.83. The van der Waals surface area contributed by atoms with Crippen LogP contribution in [0.1, 0.15) is 64.9 Å². The lowest BCUT2D eigenvalue weighted by Gasteiger charge is -2.37. The average Bonchev–Trinajstić information content (AvgIpc) is 3.66. The van der Waals surface area contributed by atoms with Crippen molar-refractivity contribution in [3.8, 4) is 11.5 Å². The van der Waals surface area contributed by atoms with Gasteiger partial charge in [-0.05, 0) is 66.6 Å². The normalized spacial score (nSPS) is 24.4. The van der Waals surface area contributed by atoms with Crippen molar-refractivity contribution in [1.82, 2.24) is 5.32 Å². The standard InChI is InChI=1S/C29H25F2NO6/c30-29(31)37-22-10-9-20(14-25(22)38-29)28(11-12-28)27(35)32-21-15-23(17-5-2-1-3-6-17)36-24(16-21)18-7-4-8-19(13-18)26(33)34/h1-10,13-14,21,23-24H,11-12,15-16H2,(H,32,35)(H,33,34)/t21-,23+,24-/m1/s1. The van der Waals surface area contributed by atoms with Gasteiger partial charge in [-0.3, -0.25) is 4.79 Å². The fourth-order valence-electron chi connectivity index (χ4n) is 5.35. The number of aromatic carboxylic acids is 1. The first-order valence-corrected chi connectivity index (χ1v) is 12.5. The van der Waals surface area contributed by atoms with Gasteiger partial charge in [-0.1, -0.05) is 48.5 Å². The largest absolute Gasteiger partial charge is 0.586 e. The van der Waals surface area contributed by atoms with E-state index in [0.717, 1.165) is 11.1 Å². The smallest absolute Gasteiger partial charge is 0.478 e. The molecule has 3 atom stereocenters. The summed E-state index contributed by atoms with van der Waals surface area (Å²) in [6.45, 7) is 0. The number of carbonyl (C=O) groups excluding carboxylic acids is 1. The van der Waals surface area contributed by atoms with Crippen LogP contribution in [-0.2, 0) is 14.9 Å². The molecular formula is C29H25F2NO6. The van der Waals surface area contributed by atoms with Gasteiger partial charge in [0.1, 0.15) is 0 Å². The molecule has 0 aromatic heterocycles. The molecule has 1 aliphatic carbocycles. The Hall–Kier alpha value is -3.98. The predicted octanol–water partition coefficient (Wildman–Crippen LogP) is 5.52. The third kappa shape index (κ3) is 4.58. The van der Waals surface area contributed by atoms with Crippen molar-refractivity contribution in [2.75, 3.05) is 0 Å². The molecule has 3 aliphatic rings. The highest BCUT2D eigenvalue weighted by molar-refractivity contribution is 5.91. The molecule has 0 radical (unpaired) electrons. The third-order valence-electron chi connectivity index (χ3n) is 7.48. The summed E-state index contributed by atoms with van der Waals surface area (Å²) in [7, 11) is 0. The van der Waals surface area contributed by atoms with Crippen LogP contribution in [0.2, 0.25) is 0 Å². The van der Waals surface area contributed by atoms with Gasteiger partial charge in [0.2, 0.25) is 5.91 Å². The first kappa shape index (κ1) is 24.4. The van der Waals surface area contributed by atoms with E-state index in [1.165, 1.54) is 18.2 Å². The van der Waals surface area contributed by atoms with Gasteiger partial charge in [0.15, 0.2) is 11.5 Å². The molecule has 3 aromatic rings. The lowest BCUT2D eigenvalue weighted by atomic mass is 9.89. The van der Waals surface area contributed by atoms with E-state index in [1.807, 2.05) is 36.4 Å². The molecule has 2 heterocycles. The van der Waals surface area contributed by atoms with Gasteiger partial charge < -0.3 is 24.6 Å². The number of ether oxygens (including phenoxy) is 3. The van der Waals surface area contributed by atoms with E-state index in [-0.39, 0.29) is 35.1 Å². The molecule has 0 unspecified atom stereocenters. The Balaban J connectivity index is 1.24. The van der Waals surface area contributed by atoms with Crippen molar-refractivity contribution >= 4 is 11.9 Å². The van der Waals surface area contributed by atoms with Crippen molar-refractivity contribution in [3.63, 3.8) is 0 Å². The monoisotopic (exact) mass is 521 g/mol. The molecule has 1 amide bonds. The Morgan fingerprint density at radius 2 is 1.53 bits per heavy atom. The fourth-order valence-corrected chi connectivity index (χ4v) is 5.35. The summed E-state index contributed by atoms with van der Waals surface area (Å²) >= 11 is 0. The molecular weight excluding hydrogens is 496 g/mol. The van der Waals surface area contributed by atoms with Crippen LogP contribution >= 0.6 is 0 Å². The number of alkyl halides is 2. The van der Waals surface area contributed by atoms with E-state index in [0.29, 0.717) is 31.2 Å². The van der Waals surface area contributed by atoms with E-state index in [4.69, 9.17) is 4.74 Å². The maximum absolute atomic E-state index is 13.6. The maximum atomic E-state index is 13.6. The van der Waals surface area contributed by atoms with Crippen molar-refractivity contribution < 1.29 is 37.7 Å². The van der Waals surface area contributed by atoms with Gasteiger partial charge in [0.05, 0.1) is 23.2 Å². The molecule has 1 saturated carbocycles. The number of carbonyl (C=O) groups is 2. The average molecular weight is 522 g/mol. The van der Waals surface area contributed by atoms with Gasteiger partial charge in [0, 0.05) is 6.04 Å². The zero-order valence-electron chi connectivity index (χ0n) is 20.2. The minimum Gasteiger partial charge on any atom is -0.478 e. The second-order valence-corrected chi connectivity index (χ2v) is 10.0. The second kappa shape index (κ2) is 9.09.